The van der Waals surface area contributed by atoms with E-state index in [0.717, 1.165) is 16.8 Å². The number of hydrogen-bond acceptors (Lipinski definition) is 2. The lowest BCUT2D eigenvalue weighted by Crippen LogP contribution is -2.42. The molecule has 0 aromatic heterocycles. The van der Waals surface area contributed by atoms with Crippen LogP contribution in [0.15, 0.2) is 18.2 Å². The highest BCUT2D eigenvalue weighted by Gasteiger charge is 2.47. The average molecular weight is 245 g/mol. The summed E-state index contributed by atoms with van der Waals surface area (Å²) in [6.45, 7) is 9.33. The molecule has 0 bridgehead atoms. The quantitative estimate of drug-likeness (QED) is 0.763. The maximum absolute atomic E-state index is 12.5. The van der Waals surface area contributed by atoms with Gasteiger partial charge in [-0.1, -0.05) is 32.0 Å². The number of rotatable bonds is 1. The van der Waals surface area contributed by atoms with E-state index in [2.05, 4.69) is 0 Å². The molecule has 1 aromatic rings. The molecule has 0 radical (unpaired) electrons. The van der Waals surface area contributed by atoms with Gasteiger partial charge in [0.15, 0.2) is 0 Å². The maximum atomic E-state index is 12.5. The van der Waals surface area contributed by atoms with E-state index < -0.39 is 5.41 Å². The fourth-order valence-corrected chi connectivity index (χ4v) is 2.42. The van der Waals surface area contributed by atoms with Crippen LogP contribution < -0.4 is 4.90 Å². The highest BCUT2D eigenvalue weighted by atomic mass is 16.2. The summed E-state index contributed by atoms with van der Waals surface area (Å²) in [5.41, 5.74) is 2.08. The number of amides is 2. The highest BCUT2D eigenvalue weighted by Crippen LogP contribution is 2.43. The normalized spacial score (nSPS) is 17.2. The number of nitrogens with zero attached hydrogens (tertiary/aromatic N) is 1. The Labute approximate surface area is 108 Å². The Balaban J connectivity index is 2.67. The molecule has 96 valence electrons. The molecule has 0 aliphatic carbocycles. The summed E-state index contributed by atoms with van der Waals surface area (Å²) in [6, 6.07) is 5.81. The second kappa shape index (κ2) is 3.94. The predicted octanol–water partition coefficient (Wildman–Crippen LogP) is 2.80. The van der Waals surface area contributed by atoms with Gasteiger partial charge in [0.25, 0.3) is 0 Å². The van der Waals surface area contributed by atoms with Gasteiger partial charge >= 0.3 is 0 Å². The number of carbonyl (C=O) groups excluding carboxylic acids is 2. The van der Waals surface area contributed by atoms with Crippen molar-refractivity contribution >= 4 is 17.5 Å². The summed E-state index contributed by atoms with van der Waals surface area (Å²) >= 11 is 0. The van der Waals surface area contributed by atoms with E-state index in [1.807, 2.05) is 52.8 Å². The van der Waals surface area contributed by atoms with Gasteiger partial charge in [-0.2, -0.15) is 0 Å². The third-order valence-electron chi connectivity index (χ3n) is 3.59. The lowest BCUT2D eigenvalue weighted by atomic mass is 9.85. The molecular formula is C15H19NO2. The minimum absolute atomic E-state index is 0.120. The molecule has 0 N–H and O–H groups in total. The molecule has 1 aliphatic rings. The molecule has 2 amide bonds. The molecule has 0 spiro atoms. The number of anilines is 1. The van der Waals surface area contributed by atoms with Gasteiger partial charge in [-0.3, -0.25) is 9.59 Å². The topological polar surface area (TPSA) is 37.4 Å². The molecule has 0 saturated heterocycles. The van der Waals surface area contributed by atoms with Crippen LogP contribution in [0, 0.1) is 12.8 Å². The predicted molar refractivity (Wildman–Crippen MR) is 71.5 cm³/mol. The summed E-state index contributed by atoms with van der Waals surface area (Å²) in [5.74, 6) is -0.429. The van der Waals surface area contributed by atoms with Crippen molar-refractivity contribution in [1.29, 1.82) is 0 Å². The SMILES string of the molecule is Cc1cccc2c1N(C(=O)C(C)C)C(=O)C2(C)C. The summed E-state index contributed by atoms with van der Waals surface area (Å²) in [7, 11) is 0. The molecule has 3 heteroatoms. The van der Waals surface area contributed by atoms with Crippen LogP contribution >= 0.6 is 0 Å². The van der Waals surface area contributed by atoms with E-state index in [-0.39, 0.29) is 17.7 Å². The standard InChI is InChI=1S/C15H19NO2/c1-9(2)13(17)16-12-10(3)7-6-8-11(12)15(4,5)14(16)18/h6-9H,1-5H3. The second-order valence-corrected chi connectivity index (χ2v) is 5.73. The highest BCUT2D eigenvalue weighted by molar-refractivity contribution is 6.23. The van der Waals surface area contributed by atoms with Crippen LogP contribution in [0.25, 0.3) is 0 Å². The summed E-state index contributed by atoms with van der Waals surface area (Å²) in [5, 5.41) is 0. The molecule has 1 heterocycles. The van der Waals surface area contributed by atoms with Crippen LogP contribution in [-0.2, 0) is 15.0 Å². The van der Waals surface area contributed by atoms with Gasteiger partial charge in [0.1, 0.15) is 0 Å². The first-order valence-corrected chi connectivity index (χ1v) is 6.27. The monoisotopic (exact) mass is 245 g/mol. The number of hydrogen-bond donors (Lipinski definition) is 0. The zero-order chi connectivity index (χ0) is 13.7. The van der Waals surface area contributed by atoms with Crippen molar-refractivity contribution in [3.63, 3.8) is 0 Å². The first-order chi connectivity index (χ1) is 8.28. The summed E-state index contributed by atoms with van der Waals surface area (Å²) in [6.07, 6.45) is 0. The fourth-order valence-electron chi connectivity index (χ4n) is 2.42. The van der Waals surface area contributed by atoms with E-state index in [1.165, 1.54) is 4.90 Å². The van der Waals surface area contributed by atoms with E-state index in [0.29, 0.717) is 0 Å². The number of fused-ring (bicyclic) bond motifs is 1. The molecule has 1 aliphatic heterocycles. The van der Waals surface area contributed by atoms with Crippen molar-refractivity contribution in [2.24, 2.45) is 5.92 Å². The van der Waals surface area contributed by atoms with Crippen LogP contribution in [0.1, 0.15) is 38.8 Å². The second-order valence-electron chi connectivity index (χ2n) is 5.73. The van der Waals surface area contributed by atoms with Crippen LogP contribution in [0.4, 0.5) is 5.69 Å². The van der Waals surface area contributed by atoms with Crippen LogP contribution in [0.2, 0.25) is 0 Å². The maximum Gasteiger partial charge on any atom is 0.243 e. The van der Waals surface area contributed by atoms with Crippen molar-refractivity contribution in [2.45, 2.75) is 40.0 Å². The fraction of sp³-hybridized carbons (Fsp3) is 0.467. The Hall–Kier alpha value is -1.64. The largest absolute Gasteiger partial charge is 0.274 e. The number of carbonyl (C=O) groups is 2. The molecule has 0 atom stereocenters. The molecule has 0 saturated carbocycles. The average Bonchev–Trinajstić information content (AvgIpc) is 2.49. The Morgan fingerprint density at radius 3 is 2.44 bits per heavy atom. The van der Waals surface area contributed by atoms with Crippen molar-refractivity contribution in [2.75, 3.05) is 4.90 Å². The van der Waals surface area contributed by atoms with Gasteiger partial charge in [0.2, 0.25) is 11.8 Å². The van der Waals surface area contributed by atoms with Crippen LogP contribution in [0.3, 0.4) is 0 Å². The Morgan fingerprint density at radius 2 is 1.89 bits per heavy atom. The lowest BCUT2D eigenvalue weighted by Gasteiger charge is -2.21. The summed E-state index contributed by atoms with van der Waals surface area (Å²) < 4.78 is 0. The molecule has 3 nitrogen and oxygen atoms in total. The van der Waals surface area contributed by atoms with Crippen LogP contribution in [-0.4, -0.2) is 11.8 Å². The molecular weight excluding hydrogens is 226 g/mol. The van der Waals surface area contributed by atoms with Crippen LogP contribution in [0.5, 0.6) is 0 Å². The van der Waals surface area contributed by atoms with Gasteiger partial charge in [-0.15, -0.1) is 0 Å². The molecule has 2 rings (SSSR count). The van der Waals surface area contributed by atoms with E-state index >= 15 is 0 Å². The zero-order valence-electron chi connectivity index (χ0n) is 11.6. The molecule has 0 unspecified atom stereocenters. The Bertz CT molecular complexity index is 529. The third-order valence-corrected chi connectivity index (χ3v) is 3.59. The van der Waals surface area contributed by atoms with Crippen molar-refractivity contribution in [1.82, 2.24) is 0 Å². The summed E-state index contributed by atoms with van der Waals surface area (Å²) in [4.78, 5) is 26.1. The number of aryl methyl sites for hydroxylation is 1. The Kier molecular flexibility index (Phi) is 2.80. The number of imide groups is 1. The van der Waals surface area contributed by atoms with E-state index in [4.69, 9.17) is 0 Å². The smallest absolute Gasteiger partial charge is 0.243 e. The van der Waals surface area contributed by atoms with E-state index in [1.54, 1.807) is 0 Å². The molecule has 1 aromatic carbocycles. The van der Waals surface area contributed by atoms with Crippen molar-refractivity contribution in [3.8, 4) is 0 Å². The van der Waals surface area contributed by atoms with Gasteiger partial charge in [0.05, 0.1) is 11.1 Å². The van der Waals surface area contributed by atoms with Gasteiger partial charge in [0, 0.05) is 5.92 Å². The first kappa shape index (κ1) is 12.8. The van der Waals surface area contributed by atoms with Crippen molar-refractivity contribution < 1.29 is 9.59 Å². The Morgan fingerprint density at radius 1 is 1.28 bits per heavy atom. The van der Waals surface area contributed by atoms with Gasteiger partial charge in [-0.05, 0) is 31.9 Å². The number of para-hydroxylation sites is 1. The molecule has 0 fully saturated rings. The molecule has 18 heavy (non-hydrogen) atoms. The van der Waals surface area contributed by atoms with Gasteiger partial charge in [-0.25, -0.2) is 4.90 Å². The third kappa shape index (κ3) is 1.57. The van der Waals surface area contributed by atoms with E-state index in [9.17, 15) is 9.59 Å². The van der Waals surface area contributed by atoms with Crippen molar-refractivity contribution in [3.05, 3.63) is 29.3 Å². The lowest BCUT2D eigenvalue weighted by molar-refractivity contribution is -0.129. The minimum Gasteiger partial charge on any atom is -0.274 e. The van der Waals surface area contributed by atoms with Gasteiger partial charge < -0.3 is 0 Å². The zero-order valence-corrected chi connectivity index (χ0v) is 11.6. The minimum atomic E-state index is -0.619. The number of benzene rings is 1. The first-order valence-electron chi connectivity index (χ1n) is 6.27.